The van der Waals surface area contributed by atoms with Gasteiger partial charge in [0.1, 0.15) is 12.4 Å². The zero-order valence-electron chi connectivity index (χ0n) is 11.5. The smallest absolute Gasteiger partial charge is 0.328 e. The molecule has 0 bridgehead atoms. The van der Waals surface area contributed by atoms with Crippen molar-refractivity contribution in [1.29, 1.82) is 0 Å². The molecule has 0 aromatic heterocycles. The molecule has 0 heterocycles. The third-order valence-corrected chi connectivity index (χ3v) is 2.35. The van der Waals surface area contributed by atoms with Crippen LogP contribution in [0.15, 0.2) is 24.3 Å². The van der Waals surface area contributed by atoms with E-state index in [0.29, 0.717) is 18.9 Å². The lowest BCUT2D eigenvalue weighted by molar-refractivity contribution is -0.131. The van der Waals surface area contributed by atoms with Crippen molar-refractivity contribution in [3.8, 4) is 0 Å². The summed E-state index contributed by atoms with van der Waals surface area (Å²) in [7, 11) is 1.52. The Balaban J connectivity index is 2.61. The number of nitrogens with one attached hydrogen (secondary N) is 1. The van der Waals surface area contributed by atoms with Crippen LogP contribution >= 0.6 is 0 Å². The van der Waals surface area contributed by atoms with Crippen LogP contribution in [0.4, 0.5) is 10.1 Å². The third-order valence-electron chi connectivity index (χ3n) is 2.35. The second-order valence-electron chi connectivity index (χ2n) is 4.00. The van der Waals surface area contributed by atoms with E-state index in [1.807, 2.05) is 0 Å². The van der Waals surface area contributed by atoms with Gasteiger partial charge in [-0.25, -0.2) is 9.18 Å². The second-order valence-corrected chi connectivity index (χ2v) is 4.00. The van der Waals surface area contributed by atoms with E-state index in [-0.39, 0.29) is 12.2 Å². The lowest BCUT2D eigenvalue weighted by Crippen LogP contribution is -2.19. The number of anilines is 1. The largest absolute Gasteiger partial charge is 0.478 e. The number of methoxy groups -OCH3 is 1. The van der Waals surface area contributed by atoms with E-state index in [4.69, 9.17) is 14.6 Å². The molecule has 0 radical (unpaired) electrons. The Morgan fingerprint density at radius 1 is 1.38 bits per heavy atom. The van der Waals surface area contributed by atoms with Crippen molar-refractivity contribution in [2.24, 2.45) is 0 Å². The number of aliphatic carboxylic acids is 1. The first-order valence-electron chi connectivity index (χ1n) is 6.10. The quantitative estimate of drug-likeness (QED) is 0.561. The maximum absolute atomic E-state index is 13.4. The number of carboxylic acids is 1. The molecule has 114 valence electrons. The van der Waals surface area contributed by atoms with Crippen LogP contribution in [0.2, 0.25) is 0 Å². The molecule has 0 aliphatic carbocycles. The molecule has 7 heteroatoms. The minimum atomic E-state index is -1.18. The monoisotopic (exact) mass is 297 g/mol. The Bertz CT molecular complexity index is 530. The van der Waals surface area contributed by atoms with E-state index in [9.17, 15) is 14.0 Å². The number of benzene rings is 1. The van der Waals surface area contributed by atoms with Gasteiger partial charge in [-0.15, -0.1) is 0 Å². The minimum absolute atomic E-state index is 0.0653. The van der Waals surface area contributed by atoms with Crippen LogP contribution in [-0.4, -0.2) is 43.9 Å². The Kier molecular flexibility index (Phi) is 7.06. The number of halogens is 1. The second kappa shape index (κ2) is 8.83. The van der Waals surface area contributed by atoms with E-state index in [1.54, 1.807) is 0 Å². The molecule has 1 aromatic carbocycles. The number of carbonyl (C=O) groups excluding carboxylic acids is 1. The van der Waals surface area contributed by atoms with Gasteiger partial charge in [0, 0.05) is 24.4 Å². The fraction of sp³-hybridized carbons (Fsp3) is 0.286. The van der Waals surface area contributed by atoms with Crippen LogP contribution in [-0.2, 0) is 19.1 Å². The van der Waals surface area contributed by atoms with Gasteiger partial charge in [0.2, 0.25) is 5.91 Å². The number of hydrogen-bond acceptors (Lipinski definition) is 4. The highest BCUT2D eigenvalue weighted by Crippen LogP contribution is 2.16. The third kappa shape index (κ3) is 6.64. The number of rotatable bonds is 8. The fourth-order valence-corrected chi connectivity index (χ4v) is 1.41. The standard InChI is InChI=1S/C14H16FNO5/c1-20-6-7-21-9-13(17)16-11-3-4-12(15)10(8-11)2-5-14(18)19/h2-5,8H,6-7,9H2,1H3,(H,16,17)(H,18,19)/b5-2+. The zero-order valence-corrected chi connectivity index (χ0v) is 11.5. The first-order valence-corrected chi connectivity index (χ1v) is 6.10. The summed E-state index contributed by atoms with van der Waals surface area (Å²) in [6.45, 7) is 0.523. The van der Waals surface area contributed by atoms with Gasteiger partial charge in [0.25, 0.3) is 0 Å². The van der Waals surface area contributed by atoms with Crippen LogP contribution in [0.1, 0.15) is 5.56 Å². The maximum atomic E-state index is 13.4. The molecule has 0 spiro atoms. The maximum Gasteiger partial charge on any atom is 0.328 e. The normalized spacial score (nSPS) is 10.8. The summed E-state index contributed by atoms with van der Waals surface area (Å²) in [6.07, 6.45) is 1.93. The van der Waals surface area contributed by atoms with Gasteiger partial charge in [-0.05, 0) is 24.3 Å². The van der Waals surface area contributed by atoms with Crippen LogP contribution < -0.4 is 5.32 Å². The summed E-state index contributed by atoms with van der Waals surface area (Å²) in [5.74, 6) is -2.16. The van der Waals surface area contributed by atoms with Gasteiger partial charge >= 0.3 is 5.97 Å². The van der Waals surface area contributed by atoms with E-state index in [1.165, 1.54) is 19.2 Å². The highest BCUT2D eigenvalue weighted by molar-refractivity contribution is 5.92. The van der Waals surface area contributed by atoms with Crippen molar-refractivity contribution in [2.45, 2.75) is 0 Å². The summed E-state index contributed by atoms with van der Waals surface area (Å²) >= 11 is 0. The molecule has 1 amide bonds. The SMILES string of the molecule is COCCOCC(=O)Nc1ccc(F)c(/C=C/C(=O)O)c1. The lowest BCUT2D eigenvalue weighted by Gasteiger charge is -2.07. The fourth-order valence-electron chi connectivity index (χ4n) is 1.41. The predicted molar refractivity (Wildman–Crippen MR) is 74.4 cm³/mol. The number of amides is 1. The Morgan fingerprint density at radius 3 is 2.81 bits per heavy atom. The topological polar surface area (TPSA) is 84.9 Å². The van der Waals surface area contributed by atoms with Crippen molar-refractivity contribution in [3.05, 3.63) is 35.7 Å². The number of hydrogen-bond donors (Lipinski definition) is 2. The molecule has 1 aromatic rings. The molecule has 21 heavy (non-hydrogen) atoms. The molecule has 0 atom stereocenters. The average Bonchev–Trinajstić information content (AvgIpc) is 2.44. The minimum Gasteiger partial charge on any atom is -0.478 e. The highest BCUT2D eigenvalue weighted by atomic mass is 19.1. The summed E-state index contributed by atoms with van der Waals surface area (Å²) < 4.78 is 23.3. The van der Waals surface area contributed by atoms with Crippen molar-refractivity contribution < 1.29 is 28.6 Å². The number of carboxylic acid groups (broad SMARTS) is 1. The molecular formula is C14H16FNO5. The Hall–Kier alpha value is -2.25. The van der Waals surface area contributed by atoms with Crippen LogP contribution in [0.5, 0.6) is 0 Å². The molecule has 2 N–H and O–H groups in total. The van der Waals surface area contributed by atoms with Crippen molar-refractivity contribution in [3.63, 3.8) is 0 Å². The Labute approximate surface area is 121 Å². The summed E-state index contributed by atoms with van der Waals surface area (Å²) in [6, 6.07) is 3.85. The van der Waals surface area contributed by atoms with Gasteiger partial charge in [-0.3, -0.25) is 4.79 Å². The molecule has 0 fully saturated rings. The Morgan fingerprint density at radius 2 is 2.14 bits per heavy atom. The first kappa shape index (κ1) is 16.8. The van der Waals surface area contributed by atoms with E-state index in [2.05, 4.69) is 5.32 Å². The van der Waals surface area contributed by atoms with Gasteiger partial charge in [-0.2, -0.15) is 0 Å². The van der Waals surface area contributed by atoms with Gasteiger partial charge in [-0.1, -0.05) is 0 Å². The van der Waals surface area contributed by atoms with E-state index >= 15 is 0 Å². The molecule has 0 saturated carbocycles. The average molecular weight is 297 g/mol. The molecule has 0 aliphatic heterocycles. The first-order chi connectivity index (χ1) is 10.0. The van der Waals surface area contributed by atoms with Crippen LogP contribution in [0.25, 0.3) is 6.08 Å². The van der Waals surface area contributed by atoms with E-state index < -0.39 is 17.7 Å². The molecule has 1 rings (SSSR count). The van der Waals surface area contributed by atoms with Gasteiger partial charge in [0.15, 0.2) is 0 Å². The summed E-state index contributed by atoms with van der Waals surface area (Å²) in [5, 5.41) is 11.0. The van der Waals surface area contributed by atoms with Crippen molar-refractivity contribution in [2.75, 3.05) is 32.2 Å². The van der Waals surface area contributed by atoms with Crippen molar-refractivity contribution >= 4 is 23.6 Å². The highest BCUT2D eigenvalue weighted by Gasteiger charge is 2.05. The molecular weight excluding hydrogens is 281 g/mol. The van der Waals surface area contributed by atoms with Crippen LogP contribution in [0.3, 0.4) is 0 Å². The lowest BCUT2D eigenvalue weighted by atomic mass is 10.1. The van der Waals surface area contributed by atoms with Crippen molar-refractivity contribution in [1.82, 2.24) is 0 Å². The summed E-state index contributed by atoms with van der Waals surface area (Å²) in [5.41, 5.74) is 0.414. The molecule has 0 saturated heterocycles. The number of ether oxygens (including phenoxy) is 2. The molecule has 0 unspecified atom stereocenters. The molecule has 0 aliphatic rings. The zero-order chi connectivity index (χ0) is 15.7. The number of carbonyl (C=O) groups is 2. The van der Waals surface area contributed by atoms with Crippen LogP contribution in [0, 0.1) is 5.82 Å². The van der Waals surface area contributed by atoms with Gasteiger partial charge in [0.05, 0.1) is 13.2 Å². The molecule has 6 nitrogen and oxygen atoms in total. The van der Waals surface area contributed by atoms with E-state index in [0.717, 1.165) is 18.2 Å². The summed E-state index contributed by atoms with van der Waals surface area (Å²) in [4.78, 5) is 22.0. The predicted octanol–water partition coefficient (Wildman–Crippen LogP) is 1.52. The van der Waals surface area contributed by atoms with Gasteiger partial charge < -0.3 is 19.9 Å².